The molecular weight excluding hydrogens is 302 g/mol. The Morgan fingerprint density at radius 2 is 2.15 bits per heavy atom. The lowest BCUT2D eigenvalue weighted by atomic mass is 10.2. The minimum atomic E-state index is -1.13. The number of benzene rings is 1. The third-order valence-corrected chi connectivity index (χ3v) is 4.22. The summed E-state index contributed by atoms with van der Waals surface area (Å²) in [4.78, 5) is 10.6. The Hall–Kier alpha value is -1.73. The maximum atomic E-state index is 12.0. The molecule has 0 radical (unpaired) electrons. The molecule has 1 aromatic carbocycles. The van der Waals surface area contributed by atoms with Gasteiger partial charge in [-0.2, -0.15) is 0 Å². The molecule has 0 saturated heterocycles. The van der Waals surface area contributed by atoms with Gasteiger partial charge >= 0.3 is 5.97 Å². The first-order valence-corrected chi connectivity index (χ1v) is 7.64. The molecule has 0 aliphatic carbocycles. The van der Waals surface area contributed by atoms with Gasteiger partial charge in [0.25, 0.3) is 0 Å². The normalized spacial score (nSPS) is 12.2. The first kappa shape index (κ1) is 14.7. The number of rotatable bonds is 6. The molecule has 20 heavy (non-hydrogen) atoms. The van der Waals surface area contributed by atoms with Gasteiger partial charge in [0, 0.05) is 21.6 Å². The van der Waals surface area contributed by atoms with Crippen molar-refractivity contribution in [2.75, 3.05) is 5.75 Å². The Kier molecular flexibility index (Phi) is 4.86. The summed E-state index contributed by atoms with van der Waals surface area (Å²) in [6.45, 7) is 0.345. The maximum Gasteiger partial charge on any atom is 0.358 e. The lowest BCUT2D eigenvalue weighted by Gasteiger charge is -2.04. The van der Waals surface area contributed by atoms with Crippen LogP contribution in [0, 0.1) is 0 Å². The van der Waals surface area contributed by atoms with Gasteiger partial charge in [-0.25, -0.2) is 4.79 Å². The number of aryl methyl sites for hydroxylation is 1. The molecule has 0 aliphatic rings. The molecule has 0 bridgehead atoms. The fourth-order valence-electron chi connectivity index (χ4n) is 1.56. The third-order valence-electron chi connectivity index (χ3n) is 2.58. The van der Waals surface area contributed by atoms with E-state index in [1.807, 2.05) is 18.2 Å². The Bertz CT molecular complexity index is 644. The van der Waals surface area contributed by atoms with E-state index in [1.54, 1.807) is 6.07 Å². The summed E-state index contributed by atoms with van der Waals surface area (Å²) < 4.78 is 13.3. The smallest absolute Gasteiger partial charge is 0.358 e. The average molecular weight is 314 g/mol. The van der Waals surface area contributed by atoms with Crippen LogP contribution in [0.3, 0.4) is 0 Å². The molecule has 0 fully saturated rings. The number of aromatic nitrogens is 3. The molecule has 1 heterocycles. The minimum Gasteiger partial charge on any atom is -0.476 e. The number of carbonyl (C=O) groups is 1. The highest BCUT2D eigenvalue weighted by molar-refractivity contribution is 7.84. The molecule has 0 saturated carbocycles. The first-order chi connectivity index (χ1) is 9.56. The summed E-state index contributed by atoms with van der Waals surface area (Å²) >= 11 is 6.00. The third kappa shape index (κ3) is 3.88. The Balaban J connectivity index is 1.89. The highest BCUT2D eigenvalue weighted by Crippen LogP contribution is 2.16. The standard InChI is InChI=1S/C12H12ClN3O3S/c13-10-4-2-1-3-9(10)8-20(19)6-5-16-7-11(12(17)18)14-15-16/h1-4,7H,5-6,8H2,(H,17,18). The van der Waals surface area contributed by atoms with Crippen molar-refractivity contribution in [3.05, 3.63) is 46.7 Å². The summed E-state index contributed by atoms with van der Waals surface area (Å²) in [6.07, 6.45) is 1.31. The van der Waals surface area contributed by atoms with Crippen molar-refractivity contribution in [2.24, 2.45) is 0 Å². The molecule has 106 valence electrons. The molecule has 1 N–H and O–H groups in total. The fraction of sp³-hybridized carbons (Fsp3) is 0.250. The van der Waals surface area contributed by atoms with Gasteiger partial charge < -0.3 is 5.11 Å². The summed E-state index contributed by atoms with van der Waals surface area (Å²) in [5.74, 6) is -0.415. The van der Waals surface area contributed by atoms with Gasteiger partial charge in [-0.3, -0.25) is 8.89 Å². The second kappa shape index (κ2) is 6.62. The van der Waals surface area contributed by atoms with Crippen LogP contribution in [0.25, 0.3) is 0 Å². The van der Waals surface area contributed by atoms with Crippen molar-refractivity contribution in [2.45, 2.75) is 12.3 Å². The predicted octanol–water partition coefficient (Wildman–Crippen LogP) is 1.58. The van der Waals surface area contributed by atoms with Crippen LogP contribution in [0.1, 0.15) is 16.1 Å². The zero-order chi connectivity index (χ0) is 14.5. The number of hydrogen-bond donors (Lipinski definition) is 1. The summed E-state index contributed by atoms with van der Waals surface area (Å²) in [7, 11) is -1.10. The van der Waals surface area contributed by atoms with Gasteiger partial charge in [0.05, 0.1) is 18.5 Å². The minimum absolute atomic E-state index is 0.123. The van der Waals surface area contributed by atoms with Crippen LogP contribution >= 0.6 is 11.6 Å². The van der Waals surface area contributed by atoms with Gasteiger partial charge in [0.15, 0.2) is 5.69 Å². The van der Waals surface area contributed by atoms with E-state index in [4.69, 9.17) is 16.7 Å². The largest absolute Gasteiger partial charge is 0.476 e. The highest BCUT2D eigenvalue weighted by atomic mass is 35.5. The second-order valence-corrected chi connectivity index (χ2v) is 6.04. The molecule has 2 aromatic rings. The molecule has 0 spiro atoms. The van der Waals surface area contributed by atoms with Gasteiger partial charge in [-0.05, 0) is 11.6 Å². The lowest BCUT2D eigenvalue weighted by Crippen LogP contribution is -2.10. The zero-order valence-electron chi connectivity index (χ0n) is 10.4. The summed E-state index contributed by atoms with van der Waals surface area (Å²) in [5, 5.41) is 16.4. The van der Waals surface area contributed by atoms with E-state index in [1.165, 1.54) is 10.9 Å². The van der Waals surface area contributed by atoms with Crippen LogP contribution in [-0.2, 0) is 23.1 Å². The summed E-state index contributed by atoms with van der Waals surface area (Å²) in [5.41, 5.74) is 0.708. The van der Waals surface area contributed by atoms with Gasteiger partial charge in [0.2, 0.25) is 0 Å². The van der Waals surface area contributed by atoms with E-state index in [-0.39, 0.29) is 5.69 Å². The predicted molar refractivity (Wildman–Crippen MR) is 75.1 cm³/mol. The van der Waals surface area contributed by atoms with Crippen molar-refractivity contribution >= 4 is 28.4 Å². The highest BCUT2D eigenvalue weighted by Gasteiger charge is 2.10. The molecule has 6 nitrogen and oxygen atoms in total. The maximum absolute atomic E-state index is 12.0. The Morgan fingerprint density at radius 1 is 1.40 bits per heavy atom. The van der Waals surface area contributed by atoms with Crippen LogP contribution < -0.4 is 0 Å². The molecule has 1 aromatic heterocycles. The summed E-state index contributed by atoms with van der Waals surface area (Å²) in [6, 6.07) is 7.25. The van der Waals surface area contributed by atoms with Crippen molar-refractivity contribution in [3.8, 4) is 0 Å². The van der Waals surface area contributed by atoms with E-state index in [9.17, 15) is 9.00 Å². The first-order valence-electron chi connectivity index (χ1n) is 5.78. The van der Waals surface area contributed by atoms with Crippen LogP contribution in [0.5, 0.6) is 0 Å². The lowest BCUT2D eigenvalue weighted by molar-refractivity contribution is 0.0690. The Labute approximate surface area is 122 Å². The van der Waals surface area contributed by atoms with Gasteiger partial charge in [-0.15, -0.1) is 5.10 Å². The zero-order valence-corrected chi connectivity index (χ0v) is 12.0. The molecule has 2 rings (SSSR count). The van der Waals surface area contributed by atoms with Crippen LogP contribution in [-0.4, -0.2) is 36.0 Å². The van der Waals surface area contributed by atoms with Crippen LogP contribution in [0.15, 0.2) is 30.5 Å². The number of hydrogen-bond acceptors (Lipinski definition) is 4. The molecule has 1 atom stereocenters. The van der Waals surface area contributed by atoms with Crippen molar-refractivity contribution < 1.29 is 14.1 Å². The second-order valence-electron chi connectivity index (χ2n) is 4.05. The molecule has 1 unspecified atom stereocenters. The molecule has 0 aliphatic heterocycles. The van der Waals surface area contributed by atoms with E-state index < -0.39 is 16.8 Å². The van der Waals surface area contributed by atoms with E-state index in [0.29, 0.717) is 23.1 Å². The monoisotopic (exact) mass is 313 g/mol. The number of halogens is 1. The van der Waals surface area contributed by atoms with Crippen molar-refractivity contribution in [3.63, 3.8) is 0 Å². The molecule has 8 heteroatoms. The molecular formula is C12H12ClN3O3S. The van der Waals surface area contributed by atoms with Crippen molar-refractivity contribution in [1.82, 2.24) is 15.0 Å². The SMILES string of the molecule is O=C(O)c1cn(CCS(=O)Cc2ccccc2Cl)nn1. The number of nitrogens with zero attached hydrogens (tertiary/aromatic N) is 3. The van der Waals surface area contributed by atoms with E-state index in [0.717, 1.165) is 5.56 Å². The quantitative estimate of drug-likeness (QED) is 0.875. The van der Waals surface area contributed by atoms with Crippen LogP contribution in [0.4, 0.5) is 0 Å². The van der Waals surface area contributed by atoms with E-state index >= 15 is 0 Å². The molecule has 0 amide bonds. The van der Waals surface area contributed by atoms with E-state index in [2.05, 4.69) is 10.3 Å². The van der Waals surface area contributed by atoms with Gasteiger partial charge in [-0.1, -0.05) is 35.0 Å². The fourth-order valence-corrected chi connectivity index (χ4v) is 2.98. The number of carboxylic acid groups (broad SMARTS) is 1. The van der Waals surface area contributed by atoms with Crippen molar-refractivity contribution in [1.29, 1.82) is 0 Å². The number of aromatic carboxylic acids is 1. The van der Waals surface area contributed by atoms with Crippen LogP contribution in [0.2, 0.25) is 5.02 Å². The Morgan fingerprint density at radius 3 is 2.80 bits per heavy atom. The topological polar surface area (TPSA) is 85.1 Å². The van der Waals surface area contributed by atoms with Gasteiger partial charge in [0.1, 0.15) is 0 Å². The number of carboxylic acids is 1. The average Bonchev–Trinajstić information content (AvgIpc) is 2.88.